The van der Waals surface area contributed by atoms with Crippen molar-refractivity contribution in [2.75, 3.05) is 5.32 Å². The molecule has 0 saturated carbocycles. The van der Waals surface area contributed by atoms with E-state index in [4.69, 9.17) is 4.74 Å². The van der Waals surface area contributed by atoms with Crippen LogP contribution in [0.1, 0.15) is 42.3 Å². The van der Waals surface area contributed by atoms with Crippen LogP contribution in [0.4, 0.5) is 23.7 Å². The van der Waals surface area contributed by atoms with Gasteiger partial charge in [0.25, 0.3) is 0 Å². The minimum absolute atomic E-state index is 0.135. The smallest absolute Gasteiger partial charge is 0.412 e. The van der Waals surface area contributed by atoms with Gasteiger partial charge in [0.1, 0.15) is 5.60 Å². The molecule has 0 saturated heterocycles. The van der Waals surface area contributed by atoms with Crippen molar-refractivity contribution in [3.8, 4) is 11.3 Å². The number of anilines is 1. The lowest BCUT2D eigenvalue weighted by Gasteiger charge is -2.20. The molecule has 0 radical (unpaired) electrons. The summed E-state index contributed by atoms with van der Waals surface area (Å²) < 4.78 is 49.1. The number of amides is 1. The van der Waals surface area contributed by atoms with Gasteiger partial charge in [-0.25, -0.2) is 22.9 Å². The number of rotatable bonds is 4. The van der Waals surface area contributed by atoms with Crippen LogP contribution in [0.3, 0.4) is 0 Å². The highest BCUT2D eigenvalue weighted by Gasteiger charge is 2.27. The fourth-order valence-corrected chi connectivity index (χ4v) is 3.47. The predicted molar refractivity (Wildman–Crippen MR) is 129 cm³/mol. The first-order valence-electron chi connectivity index (χ1n) is 11.0. The summed E-state index contributed by atoms with van der Waals surface area (Å²) in [6, 6.07) is 12.1. The zero-order valence-electron chi connectivity index (χ0n) is 19.9. The van der Waals surface area contributed by atoms with E-state index in [1.165, 1.54) is 18.2 Å². The van der Waals surface area contributed by atoms with E-state index in [0.717, 1.165) is 11.1 Å². The highest BCUT2D eigenvalue weighted by Crippen LogP contribution is 2.28. The molecule has 0 spiro atoms. The van der Waals surface area contributed by atoms with Gasteiger partial charge in [0.2, 0.25) is 0 Å². The lowest BCUT2D eigenvalue weighted by molar-refractivity contribution is 0.0634. The van der Waals surface area contributed by atoms with Crippen molar-refractivity contribution in [1.29, 1.82) is 0 Å². The molecular formula is C27H22F3N3O3. The van der Waals surface area contributed by atoms with Gasteiger partial charge in [0.05, 0.1) is 34.2 Å². The van der Waals surface area contributed by atoms with Crippen LogP contribution in [-0.4, -0.2) is 27.4 Å². The number of ether oxygens (including phenoxy) is 1. The number of nitrogens with zero attached hydrogens (tertiary/aromatic N) is 2. The molecule has 0 aliphatic carbocycles. The van der Waals surface area contributed by atoms with Crippen molar-refractivity contribution in [1.82, 2.24) is 9.97 Å². The van der Waals surface area contributed by atoms with Gasteiger partial charge in [0.15, 0.2) is 23.2 Å². The number of aromatic nitrogens is 2. The molecule has 6 nitrogen and oxygen atoms in total. The Kier molecular flexibility index (Phi) is 6.49. The lowest BCUT2D eigenvalue weighted by atomic mass is 10.0. The van der Waals surface area contributed by atoms with Crippen LogP contribution in [0.15, 0.2) is 54.7 Å². The Morgan fingerprint density at radius 1 is 0.917 bits per heavy atom. The van der Waals surface area contributed by atoms with Gasteiger partial charge in [-0.05, 0) is 45.9 Å². The Labute approximate surface area is 205 Å². The summed E-state index contributed by atoms with van der Waals surface area (Å²) >= 11 is 0. The molecule has 0 atom stereocenters. The summed E-state index contributed by atoms with van der Waals surface area (Å²) in [5.41, 5.74) is 0.242. The summed E-state index contributed by atoms with van der Waals surface area (Å²) in [6.07, 6.45) is 0.491. The highest BCUT2D eigenvalue weighted by molar-refractivity contribution is 6.11. The third kappa shape index (κ3) is 5.19. The number of aryl methyl sites for hydroxylation is 1. The summed E-state index contributed by atoms with van der Waals surface area (Å²) in [7, 11) is 0. The molecule has 0 bridgehead atoms. The zero-order chi connectivity index (χ0) is 26.2. The van der Waals surface area contributed by atoms with E-state index in [2.05, 4.69) is 9.97 Å². The topological polar surface area (TPSA) is 81.2 Å². The molecule has 4 rings (SSSR count). The standard InChI is InChI=1S/C27H22F3N3O3/c1-14-5-7-15(8-6-14)21-13-31-18-10-9-16(11-19(18)32-21)25(34)22-23(29)17(28)12-20(24(22)30)33-26(35)36-27(2,3)4/h5-13H,1-4H3,(H,33,35). The molecule has 184 valence electrons. The number of halogens is 3. The van der Waals surface area contributed by atoms with E-state index < -0.39 is 46.2 Å². The van der Waals surface area contributed by atoms with E-state index in [1.807, 2.05) is 36.5 Å². The molecule has 0 aliphatic rings. The predicted octanol–water partition coefficient (Wildman–Crippen LogP) is 6.60. The Balaban J connectivity index is 1.72. The van der Waals surface area contributed by atoms with Crippen LogP contribution in [0.25, 0.3) is 22.3 Å². The van der Waals surface area contributed by atoms with E-state index in [1.54, 1.807) is 27.0 Å². The van der Waals surface area contributed by atoms with Gasteiger partial charge >= 0.3 is 6.09 Å². The molecule has 1 amide bonds. The molecule has 36 heavy (non-hydrogen) atoms. The molecule has 0 aliphatic heterocycles. The van der Waals surface area contributed by atoms with Crippen LogP contribution in [0.5, 0.6) is 0 Å². The van der Waals surface area contributed by atoms with Crippen molar-refractivity contribution >= 4 is 28.6 Å². The number of fused-ring (bicyclic) bond motifs is 1. The van der Waals surface area contributed by atoms with Gasteiger partial charge in [0, 0.05) is 17.2 Å². The zero-order valence-corrected chi connectivity index (χ0v) is 19.9. The van der Waals surface area contributed by atoms with Crippen LogP contribution >= 0.6 is 0 Å². The fraction of sp³-hybridized carbons (Fsp3) is 0.185. The van der Waals surface area contributed by atoms with Crippen molar-refractivity contribution in [3.63, 3.8) is 0 Å². The number of carbonyl (C=O) groups excluding carboxylic acids is 2. The maximum Gasteiger partial charge on any atom is 0.412 e. The fourth-order valence-electron chi connectivity index (χ4n) is 3.47. The Bertz CT molecular complexity index is 1500. The van der Waals surface area contributed by atoms with Crippen molar-refractivity contribution in [2.24, 2.45) is 0 Å². The van der Waals surface area contributed by atoms with E-state index in [-0.39, 0.29) is 5.56 Å². The van der Waals surface area contributed by atoms with E-state index in [9.17, 15) is 18.4 Å². The van der Waals surface area contributed by atoms with Crippen molar-refractivity contribution < 1.29 is 27.5 Å². The van der Waals surface area contributed by atoms with Crippen molar-refractivity contribution in [2.45, 2.75) is 33.3 Å². The first-order valence-corrected chi connectivity index (χ1v) is 11.0. The minimum Gasteiger partial charge on any atom is -0.444 e. The van der Waals surface area contributed by atoms with Gasteiger partial charge in [-0.2, -0.15) is 0 Å². The molecule has 0 unspecified atom stereocenters. The maximum atomic E-state index is 15.1. The first kappa shape index (κ1) is 24.8. The number of nitrogens with one attached hydrogen (secondary N) is 1. The number of benzene rings is 3. The largest absolute Gasteiger partial charge is 0.444 e. The Morgan fingerprint density at radius 2 is 1.61 bits per heavy atom. The summed E-state index contributed by atoms with van der Waals surface area (Å²) in [4.78, 5) is 34.0. The van der Waals surface area contributed by atoms with Gasteiger partial charge in [-0.1, -0.05) is 29.8 Å². The lowest BCUT2D eigenvalue weighted by Crippen LogP contribution is -2.28. The van der Waals surface area contributed by atoms with Crippen molar-refractivity contribution in [3.05, 3.63) is 88.9 Å². The summed E-state index contributed by atoms with van der Waals surface area (Å²) in [6.45, 7) is 6.69. The number of ketones is 1. The number of hydrogen-bond donors (Lipinski definition) is 1. The van der Waals surface area contributed by atoms with E-state index >= 15 is 4.39 Å². The number of hydrogen-bond acceptors (Lipinski definition) is 5. The molecule has 1 heterocycles. The molecular weight excluding hydrogens is 471 g/mol. The maximum absolute atomic E-state index is 15.1. The SMILES string of the molecule is Cc1ccc(-c2cnc3ccc(C(=O)c4c(F)c(F)cc(NC(=O)OC(C)(C)C)c4F)cc3n2)cc1. The van der Waals surface area contributed by atoms with Gasteiger partial charge in [-0.15, -0.1) is 0 Å². The summed E-state index contributed by atoms with van der Waals surface area (Å²) in [5.74, 6) is -5.73. The average Bonchev–Trinajstić information content (AvgIpc) is 2.81. The third-order valence-corrected chi connectivity index (χ3v) is 5.17. The average molecular weight is 493 g/mol. The second kappa shape index (κ2) is 9.41. The molecule has 1 aromatic heterocycles. The molecule has 3 aromatic carbocycles. The summed E-state index contributed by atoms with van der Waals surface area (Å²) in [5, 5.41) is 2.02. The normalized spacial score (nSPS) is 11.4. The van der Waals surface area contributed by atoms with E-state index in [0.29, 0.717) is 22.8 Å². The van der Waals surface area contributed by atoms with Crippen LogP contribution in [0.2, 0.25) is 0 Å². The second-order valence-corrected chi connectivity index (χ2v) is 9.19. The minimum atomic E-state index is -1.67. The molecule has 1 N–H and O–H groups in total. The van der Waals surface area contributed by atoms with Gasteiger partial charge in [-0.3, -0.25) is 15.1 Å². The van der Waals surface area contributed by atoms with Crippen LogP contribution < -0.4 is 5.32 Å². The first-order chi connectivity index (χ1) is 16.9. The monoisotopic (exact) mass is 493 g/mol. The quantitative estimate of drug-likeness (QED) is 0.256. The third-order valence-electron chi connectivity index (χ3n) is 5.17. The highest BCUT2D eigenvalue weighted by atomic mass is 19.2. The Hall–Kier alpha value is -4.27. The Morgan fingerprint density at radius 3 is 2.28 bits per heavy atom. The van der Waals surface area contributed by atoms with Crippen LogP contribution in [-0.2, 0) is 4.74 Å². The second-order valence-electron chi connectivity index (χ2n) is 9.19. The van der Waals surface area contributed by atoms with Crippen LogP contribution in [0, 0.1) is 24.4 Å². The molecule has 9 heteroatoms. The van der Waals surface area contributed by atoms with Gasteiger partial charge < -0.3 is 4.74 Å². The molecule has 4 aromatic rings. The molecule has 0 fully saturated rings. The number of carbonyl (C=O) groups is 2.